The van der Waals surface area contributed by atoms with Crippen molar-refractivity contribution < 1.29 is 30.2 Å². The predicted octanol–water partition coefficient (Wildman–Crippen LogP) is 2.37. The van der Waals surface area contributed by atoms with E-state index in [1.807, 2.05) is 18.2 Å². The van der Waals surface area contributed by atoms with E-state index in [4.69, 9.17) is 9.47 Å². The molecule has 0 aromatic heterocycles. The molecular formula is C26H41NO5Si. The maximum Gasteiger partial charge on any atom is 0.194 e. The third-order valence-electron chi connectivity index (χ3n) is 7.07. The molecule has 1 saturated heterocycles. The highest BCUT2D eigenvalue weighted by molar-refractivity contribution is 6.90. The van der Waals surface area contributed by atoms with Gasteiger partial charge in [-0.1, -0.05) is 71.7 Å². The average molecular weight is 476 g/mol. The van der Waals surface area contributed by atoms with Gasteiger partial charge in [0.25, 0.3) is 0 Å². The van der Waals surface area contributed by atoms with Crippen LogP contribution in [0.15, 0.2) is 24.3 Å². The van der Waals surface area contributed by atoms with E-state index in [2.05, 4.69) is 64.8 Å². The summed E-state index contributed by atoms with van der Waals surface area (Å²) in [5.41, 5.74) is 9.39. The fourth-order valence-corrected chi connectivity index (χ4v) is 10.6. The molecular weight excluding hydrogens is 434 g/mol. The Labute approximate surface area is 199 Å². The molecule has 0 spiro atoms. The Bertz CT molecular complexity index is 880. The lowest BCUT2D eigenvalue weighted by Crippen LogP contribution is -2.57. The van der Waals surface area contributed by atoms with Gasteiger partial charge in [-0.15, -0.1) is 5.54 Å². The molecule has 1 aromatic rings. The number of hydrogen-bond acceptors (Lipinski definition) is 5. The predicted molar refractivity (Wildman–Crippen MR) is 129 cm³/mol. The Morgan fingerprint density at radius 1 is 1.15 bits per heavy atom. The van der Waals surface area contributed by atoms with E-state index >= 15 is 0 Å². The van der Waals surface area contributed by atoms with Crippen LogP contribution >= 0.6 is 0 Å². The van der Waals surface area contributed by atoms with Gasteiger partial charge in [0.1, 0.15) is 20.2 Å². The molecule has 0 amide bonds. The van der Waals surface area contributed by atoms with Crippen LogP contribution in [0, 0.1) is 11.5 Å². The molecule has 4 N–H and O–H groups in total. The summed E-state index contributed by atoms with van der Waals surface area (Å²) in [6.45, 7) is 16.4. The maximum atomic E-state index is 11.6. The van der Waals surface area contributed by atoms with E-state index in [1.54, 1.807) is 13.8 Å². The zero-order valence-corrected chi connectivity index (χ0v) is 22.4. The van der Waals surface area contributed by atoms with E-state index in [9.17, 15) is 15.0 Å². The summed E-state index contributed by atoms with van der Waals surface area (Å²) < 4.78 is 11.0. The monoisotopic (exact) mass is 475 g/mol. The van der Waals surface area contributed by atoms with E-state index in [0.717, 1.165) is 6.42 Å². The van der Waals surface area contributed by atoms with Crippen LogP contribution in [0.3, 0.4) is 0 Å². The van der Waals surface area contributed by atoms with Crippen molar-refractivity contribution in [3.63, 3.8) is 0 Å². The lowest BCUT2D eigenvalue weighted by atomic mass is 10.1. The summed E-state index contributed by atoms with van der Waals surface area (Å²) in [4.78, 5) is 11.6. The largest absolute Gasteiger partial charge is 0.546 e. The standard InChI is InChI=1S/C17H30O4Si.C9H11NO/c1-12(2)22(13(3)4,14(5)6)10-9-17(15(18)19)11-20-16(7,8)21-17;10-9-7-4-2-1-3-6(7)5-8(9)11/h12-14H,11H2,1-8H3,(H,18,19);1-4,8-9,11H,5,10H2/t17-;8-,9+/m10/s1. The van der Waals surface area contributed by atoms with Gasteiger partial charge in [-0.25, -0.2) is 0 Å². The molecule has 3 atom stereocenters. The number of carbonyl (C=O) groups excluding carboxylic acids is 1. The number of aliphatic hydroxyl groups is 1. The van der Waals surface area contributed by atoms with E-state index in [-0.39, 0.29) is 18.8 Å². The van der Waals surface area contributed by atoms with Gasteiger partial charge in [-0.2, -0.15) is 0 Å². The van der Waals surface area contributed by atoms with Crippen LogP contribution in [0.2, 0.25) is 16.6 Å². The van der Waals surface area contributed by atoms with Gasteiger partial charge in [0.05, 0.1) is 12.6 Å². The topological polar surface area (TPSA) is 106 Å². The highest BCUT2D eigenvalue weighted by Gasteiger charge is 2.48. The van der Waals surface area contributed by atoms with E-state index in [1.165, 1.54) is 11.1 Å². The van der Waals surface area contributed by atoms with Gasteiger partial charge in [-0.3, -0.25) is 0 Å². The maximum absolute atomic E-state index is 11.6. The molecule has 184 valence electrons. The second-order valence-electron chi connectivity index (χ2n) is 10.6. The minimum Gasteiger partial charge on any atom is -0.546 e. The Morgan fingerprint density at radius 2 is 1.70 bits per heavy atom. The fraction of sp³-hybridized carbons (Fsp3) is 0.654. The summed E-state index contributed by atoms with van der Waals surface area (Å²) in [6, 6.07) is 8.18. The number of carbonyl (C=O) groups is 1. The number of ether oxygens (including phenoxy) is 2. The van der Waals surface area contributed by atoms with Crippen LogP contribution in [0.25, 0.3) is 0 Å². The number of benzene rings is 1. The number of aliphatic hydroxyl groups excluding tert-OH is 1. The summed E-state index contributed by atoms with van der Waals surface area (Å²) in [7, 11) is -2.02. The van der Waals surface area contributed by atoms with Gasteiger partial charge < -0.3 is 30.2 Å². The van der Waals surface area contributed by atoms with Crippen LogP contribution in [-0.4, -0.2) is 43.2 Å². The van der Waals surface area contributed by atoms with Crippen LogP contribution < -0.4 is 10.8 Å². The van der Waals surface area contributed by atoms with Gasteiger partial charge >= 0.3 is 0 Å². The average Bonchev–Trinajstić information content (AvgIpc) is 3.18. The molecule has 1 aliphatic heterocycles. The number of aliphatic carboxylic acids is 1. The van der Waals surface area contributed by atoms with Gasteiger partial charge in [0.15, 0.2) is 11.4 Å². The Morgan fingerprint density at radius 3 is 2.12 bits per heavy atom. The number of quaternary nitrogens is 1. The van der Waals surface area contributed by atoms with Crippen LogP contribution in [0.4, 0.5) is 0 Å². The quantitative estimate of drug-likeness (QED) is 0.514. The van der Waals surface area contributed by atoms with Crippen molar-refractivity contribution in [2.75, 3.05) is 6.61 Å². The Kier molecular flexibility index (Phi) is 8.59. The van der Waals surface area contributed by atoms with Crippen LogP contribution in [-0.2, 0) is 20.7 Å². The second-order valence-corrected chi connectivity index (χ2v) is 16.2. The van der Waals surface area contributed by atoms with Gasteiger partial charge in [-0.05, 0) is 36.0 Å². The van der Waals surface area contributed by atoms with Crippen LogP contribution in [0.1, 0.15) is 72.6 Å². The minimum absolute atomic E-state index is 0.0752. The Hall–Kier alpha value is -1.69. The molecule has 0 radical (unpaired) electrons. The number of fused-ring (bicyclic) bond motifs is 1. The third-order valence-corrected chi connectivity index (χ3v) is 13.4. The summed E-state index contributed by atoms with van der Waals surface area (Å²) in [5, 5.41) is 21.1. The van der Waals surface area contributed by atoms with Crippen molar-refractivity contribution in [2.45, 2.75) is 102 Å². The van der Waals surface area contributed by atoms with Crippen molar-refractivity contribution in [3.05, 3.63) is 35.4 Å². The first kappa shape index (κ1) is 27.6. The first-order chi connectivity index (χ1) is 15.2. The first-order valence-corrected chi connectivity index (χ1v) is 14.1. The van der Waals surface area contributed by atoms with E-state index in [0.29, 0.717) is 16.6 Å². The smallest absolute Gasteiger partial charge is 0.194 e. The van der Waals surface area contributed by atoms with Crippen molar-refractivity contribution in [3.8, 4) is 11.5 Å². The lowest BCUT2D eigenvalue weighted by Gasteiger charge is -2.38. The third kappa shape index (κ3) is 5.69. The van der Waals surface area contributed by atoms with Crippen molar-refractivity contribution in [2.24, 2.45) is 0 Å². The molecule has 2 aliphatic rings. The normalized spacial score (nSPS) is 26.0. The van der Waals surface area contributed by atoms with E-state index < -0.39 is 25.4 Å². The Balaban J connectivity index is 0.000000288. The second kappa shape index (κ2) is 10.3. The molecule has 33 heavy (non-hydrogen) atoms. The molecule has 1 heterocycles. The lowest BCUT2D eigenvalue weighted by molar-refractivity contribution is -0.441. The number of hydrogen-bond donors (Lipinski definition) is 2. The number of rotatable bonds is 4. The number of carboxylic acids is 1. The minimum atomic E-state index is -2.02. The molecule has 7 heteroatoms. The summed E-state index contributed by atoms with van der Waals surface area (Å²) >= 11 is 0. The molecule has 1 aliphatic carbocycles. The molecule has 6 nitrogen and oxygen atoms in total. The summed E-state index contributed by atoms with van der Waals surface area (Å²) in [5.74, 6) is 0.671. The molecule has 0 bridgehead atoms. The number of carboxylic acid groups (broad SMARTS) is 1. The van der Waals surface area contributed by atoms with Gasteiger partial charge in [0, 0.05) is 12.0 Å². The molecule has 1 aromatic carbocycles. The summed E-state index contributed by atoms with van der Waals surface area (Å²) in [6.07, 6.45) is 0.497. The highest BCUT2D eigenvalue weighted by Crippen LogP contribution is 2.41. The van der Waals surface area contributed by atoms with Crippen LogP contribution in [0.5, 0.6) is 0 Å². The molecule has 0 unspecified atom stereocenters. The van der Waals surface area contributed by atoms with Crippen molar-refractivity contribution in [1.82, 2.24) is 0 Å². The zero-order valence-electron chi connectivity index (χ0n) is 21.4. The first-order valence-electron chi connectivity index (χ1n) is 11.9. The SMILES string of the molecule is CC(C)[Si](C#C[C@]1(C(=O)[O-])COC(C)(C)O1)(C(C)C)C(C)C.[NH3+][C@@H]1c2ccccc2C[C@@H]1O. The highest BCUT2D eigenvalue weighted by atomic mass is 28.3. The zero-order chi connectivity index (χ0) is 25.2. The molecule has 1 fully saturated rings. The molecule has 0 saturated carbocycles. The van der Waals surface area contributed by atoms with Crippen molar-refractivity contribution in [1.29, 1.82) is 0 Å². The van der Waals surface area contributed by atoms with Gasteiger partial charge in [0.2, 0.25) is 0 Å². The fourth-order valence-electron chi connectivity index (χ4n) is 5.27. The van der Waals surface area contributed by atoms with Crippen molar-refractivity contribution >= 4 is 14.0 Å². The molecule has 3 rings (SSSR count).